The lowest BCUT2D eigenvalue weighted by Gasteiger charge is -2.04. The molecule has 0 radical (unpaired) electrons. The van der Waals surface area contributed by atoms with Crippen LogP contribution in [0.2, 0.25) is 0 Å². The zero-order valence-corrected chi connectivity index (χ0v) is 12.2. The van der Waals surface area contributed by atoms with E-state index in [2.05, 4.69) is 10.5 Å². The molecule has 1 N–H and O–H groups in total. The standard InChI is InChI=1S/C15H16N2O2S/c1-11(12-5-3-6-13(9-12)19-2)16-17-15(18)10-14-7-4-8-20-14/h3-9H,10H2,1-2H3,(H,17,18). The summed E-state index contributed by atoms with van der Waals surface area (Å²) in [6.07, 6.45) is 0.354. The molecule has 2 aromatic rings. The second-order valence-corrected chi connectivity index (χ2v) is 5.25. The Balaban J connectivity index is 1.97. The predicted molar refractivity (Wildman–Crippen MR) is 81.4 cm³/mol. The molecule has 2 rings (SSSR count). The SMILES string of the molecule is COc1cccc(C(C)=NNC(=O)Cc2cccs2)c1. The molecule has 0 saturated heterocycles. The van der Waals surface area contributed by atoms with Crippen LogP contribution in [-0.4, -0.2) is 18.7 Å². The van der Waals surface area contributed by atoms with Gasteiger partial charge in [-0.3, -0.25) is 4.79 Å². The van der Waals surface area contributed by atoms with Gasteiger partial charge in [-0.25, -0.2) is 5.43 Å². The number of methoxy groups -OCH3 is 1. The topological polar surface area (TPSA) is 50.7 Å². The molecule has 0 spiro atoms. The van der Waals surface area contributed by atoms with Gasteiger partial charge in [0.25, 0.3) is 0 Å². The second-order valence-electron chi connectivity index (χ2n) is 4.22. The van der Waals surface area contributed by atoms with Crippen LogP contribution in [0.5, 0.6) is 5.75 Å². The van der Waals surface area contributed by atoms with E-state index in [1.165, 1.54) is 0 Å². The summed E-state index contributed by atoms with van der Waals surface area (Å²) in [5.74, 6) is 0.650. The van der Waals surface area contributed by atoms with E-state index in [1.807, 2.05) is 48.7 Å². The summed E-state index contributed by atoms with van der Waals surface area (Å²) in [7, 11) is 1.62. The van der Waals surface area contributed by atoms with Crippen LogP contribution >= 0.6 is 11.3 Å². The van der Waals surface area contributed by atoms with Gasteiger partial charge < -0.3 is 4.74 Å². The van der Waals surface area contributed by atoms with E-state index in [0.29, 0.717) is 6.42 Å². The van der Waals surface area contributed by atoms with E-state index in [0.717, 1.165) is 21.9 Å². The summed E-state index contributed by atoms with van der Waals surface area (Å²) in [5, 5.41) is 6.07. The summed E-state index contributed by atoms with van der Waals surface area (Å²) in [6, 6.07) is 11.4. The minimum atomic E-state index is -0.116. The van der Waals surface area contributed by atoms with E-state index < -0.39 is 0 Å². The maximum Gasteiger partial charge on any atom is 0.245 e. The Bertz CT molecular complexity index is 606. The quantitative estimate of drug-likeness (QED) is 0.679. The zero-order chi connectivity index (χ0) is 14.4. The summed E-state index contributed by atoms with van der Waals surface area (Å²) in [6.45, 7) is 1.85. The predicted octanol–water partition coefficient (Wildman–Crippen LogP) is 2.84. The van der Waals surface area contributed by atoms with Crippen LogP contribution in [0.3, 0.4) is 0 Å². The number of nitrogens with zero attached hydrogens (tertiary/aromatic N) is 1. The van der Waals surface area contributed by atoms with Gasteiger partial charge in [0.1, 0.15) is 5.75 Å². The van der Waals surface area contributed by atoms with Gasteiger partial charge in [-0.05, 0) is 30.5 Å². The average Bonchev–Trinajstić information content (AvgIpc) is 2.97. The van der Waals surface area contributed by atoms with Gasteiger partial charge in [-0.1, -0.05) is 18.2 Å². The molecule has 5 heteroatoms. The molecule has 1 aromatic heterocycles. The normalized spacial score (nSPS) is 11.2. The molecule has 0 aliphatic heterocycles. The largest absolute Gasteiger partial charge is 0.497 e. The van der Waals surface area contributed by atoms with Crippen LogP contribution in [-0.2, 0) is 11.2 Å². The van der Waals surface area contributed by atoms with Gasteiger partial charge in [0, 0.05) is 10.4 Å². The molecule has 0 aliphatic carbocycles. The summed E-state index contributed by atoms with van der Waals surface area (Å²) < 4.78 is 5.16. The number of nitrogens with one attached hydrogen (secondary N) is 1. The molecule has 20 heavy (non-hydrogen) atoms. The Morgan fingerprint density at radius 1 is 1.35 bits per heavy atom. The summed E-state index contributed by atoms with van der Waals surface area (Å²) >= 11 is 1.56. The lowest BCUT2D eigenvalue weighted by Crippen LogP contribution is -2.20. The van der Waals surface area contributed by atoms with Crippen molar-refractivity contribution in [2.75, 3.05) is 7.11 Å². The van der Waals surface area contributed by atoms with Gasteiger partial charge in [-0.2, -0.15) is 5.10 Å². The third kappa shape index (κ3) is 3.93. The van der Waals surface area contributed by atoms with E-state index in [9.17, 15) is 4.79 Å². The number of carbonyl (C=O) groups is 1. The van der Waals surface area contributed by atoms with Crippen LogP contribution in [0, 0.1) is 0 Å². The third-order valence-corrected chi connectivity index (χ3v) is 3.63. The third-order valence-electron chi connectivity index (χ3n) is 2.75. The number of thiophene rings is 1. The van der Waals surface area contributed by atoms with Crippen molar-refractivity contribution in [1.82, 2.24) is 5.43 Å². The number of rotatable bonds is 5. The van der Waals surface area contributed by atoms with Gasteiger partial charge in [-0.15, -0.1) is 11.3 Å². The van der Waals surface area contributed by atoms with Crippen LogP contribution < -0.4 is 10.2 Å². The maximum atomic E-state index is 11.7. The number of ether oxygens (including phenoxy) is 1. The highest BCUT2D eigenvalue weighted by atomic mass is 32.1. The molecule has 1 amide bonds. The van der Waals surface area contributed by atoms with Gasteiger partial charge in [0.15, 0.2) is 0 Å². The van der Waals surface area contributed by atoms with Crippen molar-refractivity contribution < 1.29 is 9.53 Å². The van der Waals surface area contributed by atoms with Crippen molar-refractivity contribution in [3.63, 3.8) is 0 Å². The molecule has 4 nitrogen and oxygen atoms in total. The Morgan fingerprint density at radius 2 is 2.20 bits per heavy atom. The van der Waals surface area contributed by atoms with Gasteiger partial charge in [0.05, 0.1) is 19.2 Å². The molecule has 104 valence electrons. The first-order valence-corrected chi connectivity index (χ1v) is 7.07. The molecule has 1 heterocycles. The molecule has 0 aliphatic rings. The van der Waals surface area contributed by atoms with E-state index >= 15 is 0 Å². The van der Waals surface area contributed by atoms with Crippen LogP contribution in [0.1, 0.15) is 17.4 Å². The first-order valence-electron chi connectivity index (χ1n) is 6.19. The average molecular weight is 288 g/mol. The molecule has 0 atom stereocenters. The number of hydrazone groups is 1. The smallest absolute Gasteiger partial charge is 0.245 e. The minimum absolute atomic E-state index is 0.116. The highest BCUT2D eigenvalue weighted by Gasteiger charge is 2.04. The van der Waals surface area contributed by atoms with Crippen LogP contribution in [0.25, 0.3) is 0 Å². The summed E-state index contributed by atoms with van der Waals surface area (Å²) in [4.78, 5) is 12.8. The second kappa shape index (κ2) is 6.86. The van der Waals surface area contributed by atoms with Gasteiger partial charge >= 0.3 is 0 Å². The lowest BCUT2D eigenvalue weighted by atomic mass is 10.1. The zero-order valence-electron chi connectivity index (χ0n) is 11.4. The van der Waals surface area contributed by atoms with Crippen molar-refractivity contribution in [3.8, 4) is 5.75 Å². The number of hydrogen-bond acceptors (Lipinski definition) is 4. The number of carbonyl (C=O) groups excluding carboxylic acids is 1. The highest BCUT2D eigenvalue weighted by Crippen LogP contribution is 2.13. The van der Waals surface area contributed by atoms with Crippen molar-refractivity contribution in [2.24, 2.45) is 5.10 Å². The molecule has 0 unspecified atom stereocenters. The Morgan fingerprint density at radius 3 is 2.90 bits per heavy atom. The van der Waals surface area contributed by atoms with E-state index in [1.54, 1.807) is 18.4 Å². The van der Waals surface area contributed by atoms with Gasteiger partial charge in [0.2, 0.25) is 5.91 Å². The van der Waals surface area contributed by atoms with Crippen molar-refractivity contribution >= 4 is 23.0 Å². The monoisotopic (exact) mass is 288 g/mol. The number of amides is 1. The fraction of sp³-hybridized carbons (Fsp3) is 0.200. The van der Waals surface area contributed by atoms with Crippen LogP contribution in [0.4, 0.5) is 0 Å². The molecule has 0 bridgehead atoms. The van der Waals surface area contributed by atoms with Crippen molar-refractivity contribution in [1.29, 1.82) is 0 Å². The van der Waals surface area contributed by atoms with Crippen molar-refractivity contribution in [3.05, 3.63) is 52.2 Å². The number of hydrogen-bond donors (Lipinski definition) is 1. The first-order chi connectivity index (χ1) is 9.69. The first kappa shape index (κ1) is 14.3. The van der Waals surface area contributed by atoms with Crippen LogP contribution in [0.15, 0.2) is 46.9 Å². The van der Waals surface area contributed by atoms with E-state index in [-0.39, 0.29) is 5.91 Å². The highest BCUT2D eigenvalue weighted by molar-refractivity contribution is 7.10. The minimum Gasteiger partial charge on any atom is -0.497 e. The molecule has 0 saturated carbocycles. The van der Waals surface area contributed by atoms with E-state index in [4.69, 9.17) is 4.74 Å². The molecule has 1 aromatic carbocycles. The fourth-order valence-corrected chi connectivity index (χ4v) is 2.37. The molecular weight excluding hydrogens is 272 g/mol. The lowest BCUT2D eigenvalue weighted by molar-refractivity contribution is -0.120. The Labute approximate surface area is 122 Å². The Kier molecular flexibility index (Phi) is 4.90. The molecular formula is C15H16N2O2S. The fourth-order valence-electron chi connectivity index (χ4n) is 1.67. The summed E-state index contributed by atoms with van der Waals surface area (Å²) in [5.41, 5.74) is 4.23. The van der Waals surface area contributed by atoms with Crippen molar-refractivity contribution in [2.45, 2.75) is 13.3 Å². The molecule has 0 fully saturated rings. The Hall–Kier alpha value is -2.14. The number of benzene rings is 1. The maximum absolute atomic E-state index is 11.7.